The number of nitrogens with two attached hydrogens (primary N) is 1. The van der Waals surface area contributed by atoms with Gasteiger partial charge in [-0.15, -0.1) is 0 Å². The minimum Gasteiger partial charge on any atom is -0.364 e. The van der Waals surface area contributed by atoms with Crippen LogP contribution in [0.1, 0.15) is 62.3 Å². The molecule has 1 heterocycles. The van der Waals surface area contributed by atoms with Crippen LogP contribution in [0.2, 0.25) is 0 Å². The molecule has 0 unspecified atom stereocenters. The molecular formula is C20H29N3O3S. The Hall–Kier alpha value is -2.12. The van der Waals surface area contributed by atoms with Crippen molar-refractivity contribution in [1.29, 1.82) is 0 Å². The monoisotopic (exact) mass is 391 g/mol. The van der Waals surface area contributed by atoms with Crippen LogP contribution in [-0.2, 0) is 22.5 Å². The molecule has 1 amide bonds. The molecule has 1 aromatic carbocycles. The molecular weight excluding hydrogens is 362 g/mol. The third-order valence-corrected chi connectivity index (χ3v) is 6.04. The Labute approximate surface area is 161 Å². The number of hydrogen-bond donors (Lipinski definition) is 2. The first-order chi connectivity index (χ1) is 12.3. The molecule has 1 atom stereocenters. The summed E-state index contributed by atoms with van der Waals surface area (Å²) in [5, 5.41) is 0. The quantitative estimate of drug-likeness (QED) is 0.792. The molecule has 0 radical (unpaired) electrons. The van der Waals surface area contributed by atoms with Crippen LogP contribution in [0.5, 0.6) is 0 Å². The third kappa shape index (κ3) is 4.78. The number of carbonyl (C=O) groups is 1. The van der Waals surface area contributed by atoms with Crippen LogP contribution in [0.25, 0.3) is 0 Å². The molecule has 0 aliphatic heterocycles. The molecule has 0 spiro atoms. The Morgan fingerprint density at radius 1 is 1.15 bits per heavy atom. The minimum absolute atomic E-state index is 0.0239. The van der Waals surface area contributed by atoms with Crippen molar-refractivity contribution >= 4 is 15.9 Å². The van der Waals surface area contributed by atoms with Crippen LogP contribution in [0.4, 0.5) is 0 Å². The van der Waals surface area contributed by atoms with Crippen molar-refractivity contribution < 1.29 is 13.2 Å². The lowest BCUT2D eigenvalue weighted by Gasteiger charge is -2.24. The van der Waals surface area contributed by atoms with Crippen LogP contribution in [0.3, 0.4) is 0 Å². The van der Waals surface area contributed by atoms with Crippen LogP contribution < -0.4 is 10.5 Å². The standard InChI is InChI=1S/C20H29N3O3S/c1-13(2)18(14-7-9-15(10-8-14)20(3,4)5)22-27(25,26)16-11-17(19(21)24)23(6)12-16/h7-13,18,22H,1-6H3,(H2,21,24)/t18-/m1/s1. The lowest BCUT2D eigenvalue weighted by atomic mass is 9.85. The largest absolute Gasteiger partial charge is 0.364 e. The predicted molar refractivity (Wildman–Crippen MR) is 107 cm³/mol. The Bertz CT molecular complexity index is 920. The van der Waals surface area contributed by atoms with Gasteiger partial charge in [0.2, 0.25) is 10.0 Å². The third-order valence-electron chi connectivity index (χ3n) is 4.63. The molecule has 2 aromatic rings. The average Bonchev–Trinajstić information content (AvgIpc) is 2.95. The summed E-state index contributed by atoms with van der Waals surface area (Å²) in [4.78, 5) is 11.4. The summed E-state index contributed by atoms with van der Waals surface area (Å²) < 4.78 is 29.9. The van der Waals surface area contributed by atoms with Crippen molar-refractivity contribution in [1.82, 2.24) is 9.29 Å². The van der Waals surface area contributed by atoms with Gasteiger partial charge in [-0.1, -0.05) is 58.9 Å². The number of sulfonamides is 1. The van der Waals surface area contributed by atoms with E-state index in [1.807, 2.05) is 38.1 Å². The Kier molecular flexibility index (Phi) is 5.87. The number of rotatable bonds is 6. The molecule has 0 aliphatic carbocycles. The van der Waals surface area contributed by atoms with E-state index in [0.29, 0.717) is 0 Å². The van der Waals surface area contributed by atoms with E-state index in [9.17, 15) is 13.2 Å². The maximum atomic E-state index is 12.9. The second-order valence-corrected chi connectivity index (χ2v) is 9.97. The minimum atomic E-state index is -3.80. The van der Waals surface area contributed by atoms with Crippen LogP contribution in [0.15, 0.2) is 41.4 Å². The van der Waals surface area contributed by atoms with Gasteiger partial charge in [0.1, 0.15) is 10.6 Å². The average molecular weight is 392 g/mol. The van der Waals surface area contributed by atoms with E-state index in [2.05, 4.69) is 25.5 Å². The topological polar surface area (TPSA) is 94.2 Å². The number of aromatic nitrogens is 1. The van der Waals surface area contributed by atoms with E-state index in [4.69, 9.17) is 5.73 Å². The van der Waals surface area contributed by atoms with Gasteiger partial charge in [0.15, 0.2) is 0 Å². The summed E-state index contributed by atoms with van der Waals surface area (Å²) in [7, 11) is -2.22. The molecule has 3 N–H and O–H groups in total. The van der Waals surface area contributed by atoms with E-state index < -0.39 is 15.9 Å². The summed E-state index contributed by atoms with van der Waals surface area (Å²) in [5.74, 6) is -0.628. The van der Waals surface area contributed by atoms with Gasteiger partial charge in [-0.2, -0.15) is 0 Å². The molecule has 0 bridgehead atoms. The molecule has 0 saturated carbocycles. The Morgan fingerprint density at radius 2 is 1.70 bits per heavy atom. The number of amides is 1. The first-order valence-corrected chi connectivity index (χ1v) is 10.4. The number of nitrogens with zero attached hydrogens (tertiary/aromatic N) is 1. The predicted octanol–water partition coefficient (Wildman–Crippen LogP) is 3.10. The first-order valence-electron chi connectivity index (χ1n) is 8.92. The number of hydrogen-bond acceptors (Lipinski definition) is 3. The highest BCUT2D eigenvalue weighted by Crippen LogP contribution is 2.28. The molecule has 1 aromatic heterocycles. The molecule has 0 saturated heterocycles. The molecule has 0 aliphatic rings. The number of carbonyl (C=O) groups excluding carboxylic acids is 1. The number of primary amides is 1. The zero-order valence-corrected chi connectivity index (χ0v) is 17.6. The van der Waals surface area contributed by atoms with Gasteiger partial charge in [-0.05, 0) is 28.5 Å². The van der Waals surface area contributed by atoms with Crippen molar-refractivity contribution in [2.45, 2.75) is 51.0 Å². The fraction of sp³-hybridized carbons (Fsp3) is 0.450. The van der Waals surface area contributed by atoms with Crippen LogP contribution in [0, 0.1) is 5.92 Å². The van der Waals surface area contributed by atoms with Crippen LogP contribution in [-0.4, -0.2) is 18.9 Å². The lowest BCUT2D eigenvalue weighted by Crippen LogP contribution is -2.31. The summed E-state index contributed by atoms with van der Waals surface area (Å²) in [5.41, 5.74) is 7.54. The second-order valence-electron chi connectivity index (χ2n) is 8.25. The molecule has 2 rings (SSSR count). The molecule has 27 heavy (non-hydrogen) atoms. The van der Waals surface area contributed by atoms with Crippen LogP contribution >= 0.6 is 0 Å². The fourth-order valence-electron chi connectivity index (χ4n) is 2.94. The highest BCUT2D eigenvalue weighted by molar-refractivity contribution is 7.89. The summed E-state index contributed by atoms with van der Waals surface area (Å²) in [6, 6.07) is 8.91. The van der Waals surface area contributed by atoms with E-state index in [0.717, 1.165) is 5.56 Å². The van der Waals surface area contributed by atoms with Crippen molar-refractivity contribution in [3.63, 3.8) is 0 Å². The molecule has 7 heteroatoms. The fourth-order valence-corrected chi connectivity index (χ4v) is 4.38. The smallest absolute Gasteiger partial charge is 0.265 e. The van der Waals surface area contributed by atoms with Crippen molar-refractivity contribution in [3.8, 4) is 0 Å². The number of benzene rings is 1. The van der Waals surface area contributed by atoms with E-state index in [1.54, 1.807) is 7.05 Å². The maximum Gasteiger partial charge on any atom is 0.265 e. The van der Waals surface area contributed by atoms with Gasteiger partial charge in [-0.3, -0.25) is 4.79 Å². The molecule has 6 nitrogen and oxygen atoms in total. The van der Waals surface area contributed by atoms with Gasteiger partial charge < -0.3 is 10.3 Å². The van der Waals surface area contributed by atoms with Gasteiger partial charge in [0.05, 0.1) is 0 Å². The van der Waals surface area contributed by atoms with Gasteiger partial charge in [0, 0.05) is 19.3 Å². The van der Waals surface area contributed by atoms with E-state index >= 15 is 0 Å². The Balaban J connectivity index is 2.35. The van der Waals surface area contributed by atoms with Gasteiger partial charge in [0.25, 0.3) is 5.91 Å². The first kappa shape index (κ1) is 21.2. The van der Waals surface area contributed by atoms with Crippen molar-refractivity contribution in [2.24, 2.45) is 18.7 Å². The molecule has 0 fully saturated rings. The number of nitrogens with one attached hydrogen (secondary N) is 1. The lowest BCUT2D eigenvalue weighted by molar-refractivity contribution is 0.0992. The summed E-state index contributed by atoms with van der Waals surface area (Å²) >= 11 is 0. The van der Waals surface area contributed by atoms with Crippen molar-refractivity contribution in [3.05, 3.63) is 53.3 Å². The number of aryl methyl sites for hydroxylation is 1. The zero-order chi connectivity index (χ0) is 20.6. The second kappa shape index (κ2) is 7.48. The van der Waals surface area contributed by atoms with Gasteiger partial charge in [-0.25, -0.2) is 13.1 Å². The van der Waals surface area contributed by atoms with Gasteiger partial charge >= 0.3 is 0 Å². The highest BCUT2D eigenvalue weighted by atomic mass is 32.2. The Morgan fingerprint density at radius 3 is 2.11 bits per heavy atom. The normalized spacial score (nSPS) is 13.7. The maximum absolute atomic E-state index is 12.9. The van der Waals surface area contributed by atoms with E-state index in [1.165, 1.54) is 22.4 Å². The molecule has 148 valence electrons. The summed E-state index contributed by atoms with van der Waals surface area (Å²) in [6.07, 6.45) is 1.39. The SMILES string of the molecule is CC(C)[C@@H](NS(=O)(=O)c1cc(C(N)=O)n(C)c1)c1ccc(C(C)(C)C)cc1. The highest BCUT2D eigenvalue weighted by Gasteiger charge is 2.26. The zero-order valence-electron chi connectivity index (χ0n) is 16.8. The summed E-state index contributed by atoms with van der Waals surface area (Å²) in [6.45, 7) is 10.3. The van der Waals surface area contributed by atoms with Crippen molar-refractivity contribution in [2.75, 3.05) is 0 Å². The van der Waals surface area contributed by atoms with E-state index in [-0.39, 0.29) is 28.0 Å².